The maximum absolute atomic E-state index is 8.48. The molecule has 0 aromatic heterocycles. The van der Waals surface area contributed by atoms with Crippen LogP contribution in [0.15, 0.2) is 36.6 Å². The van der Waals surface area contributed by atoms with Gasteiger partial charge in [0.05, 0.1) is 0 Å². The molecule has 0 aliphatic heterocycles. The van der Waals surface area contributed by atoms with Gasteiger partial charge in [0, 0.05) is 31.1 Å². The molecule has 0 aromatic carbocycles. The van der Waals surface area contributed by atoms with Crippen molar-refractivity contribution in [3.05, 3.63) is 36.6 Å². The summed E-state index contributed by atoms with van der Waals surface area (Å²) in [6.07, 6.45) is 3.20. The third-order valence-electron chi connectivity index (χ3n) is 0.560. The fourth-order valence-corrected chi connectivity index (χ4v) is 0.238. The second kappa shape index (κ2) is 6.20. The van der Waals surface area contributed by atoms with Gasteiger partial charge in [0.25, 0.3) is 0 Å². The van der Waals surface area contributed by atoms with E-state index in [-0.39, 0.29) is 36.9 Å². The number of rotatable bonds is 2. The maximum atomic E-state index is 8.48. The van der Waals surface area contributed by atoms with Crippen molar-refractivity contribution >= 4 is 0 Å². The molecule has 1 nitrogen and oxygen atoms in total. The van der Waals surface area contributed by atoms with Crippen LogP contribution in [0.25, 0.3) is 0 Å². The minimum absolute atomic E-state index is 0. The van der Waals surface area contributed by atoms with E-state index in [0.717, 1.165) is 5.57 Å². The Morgan fingerprint density at radius 2 is 1.78 bits per heavy atom. The van der Waals surface area contributed by atoms with Gasteiger partial charge in [0.2, 0.25) is 0 Å². The van der Waals surface area contributed by atoms with Crippen molar-refractivity contribution in [1.82, 2.24) is 0 Å². The molecular weight excluding hydrogens is 338 g/mol. The van der Waals surface area contributed by atoms with Crippen LogP contribution in [-0.2, 0) is 0 Å². The summed E-state index contributed by atoms with van der Waals surface area (Å²) >= 11 is 0. The average molecular weight is 348 g/mol. The normalized spacial score (nSPS) is 8.56. The van der Waals surface area contributed by atoms with Gasteiger partial charge in [-0.15, -0.1) is 0 Å². The number of allylic oxidation sites excluding steroid dienone is 3. The summed E-state index contributed by atoms with van der Waals surface area (Å²) in [5, 5.41) is 8.48. The Hall–Kier alpha value is 0.0719. The predicted octanol–water partition coefficient (Wildman–Crippen LogP) is 2.19. The maximum Gasteiger partial charge on any atom is 0.108 e. The topological polar surface area (TPSA) is 20.2 Å². The van der Waals surface area contributed by atoms with Crippen molar-refractivity contribution in [1.29, 1.82) is 0 Å². The van der Waals surface area contributed by atoms with Gasteiger partial charge in [-0.25, -0.2) is 0 Å². The first-order valence-electron chi connectivity index (χ1n) is 2.34. The van der Waals surface area contributed by atoms with Gasteiger partial charge >= 0.3 is 0 Å². The second-order valence-corrected chi connectivity index (χ2v) is 1.67. The Morgan fingerprint density at radius 3 is 1.89 bits per heavy atom. The van der Waals surface area contributed by atoms with Crippen LogP contribution in [0.5, 0.6) is 0 Å². The Balaban J connectivity index is 0. The van der Waals surface area contributed by atoms with Gasteiger partial charge in [0.1, 0.15) is 5.76 Å². The number of hydrogen-bond donors (Lipinski definition) is 1. The van der Waals surface area contributed by atoms with Gasteiger partial charge in [-0.3, -0.25) is 0 Å². The molecule has 0 aliphatic rings. The Kier molecular flexibility index (Phi) is 8.14. The van der Waals surface area contributed by atoms with E-state index in [4.69, 9.17) is 5.11 Å². The fourth-order valence-electron chi connectivity index (χ4n) is 0.238. The van der Waals surface area contributed by atoms with Crippen molar-refractivity contribution in [2.45, 2.75) is 6.92 Å². The van der Waals surface area contributed by atoms with E-state index in [9.17, 15) is 0 Å². The fraction of sp³-hybridized carbons (Fsp3) is 0.143. The first-order valence-corrected chi connectivity index (χ1v) is 2.34. The van der Waals surface area contributed by atoms with E-state index in [1.165, 1.54) is 6.08 Å². The molecule has 0 radical (unpaired) electrons. The SMILES string of the molecule is C=C(C)/C=C\C(=C)O.[U]. The molecule has 0 atom stereocenters. The molecule has 0 aromatic rings. The molecule has 0 heterocycles. The monoisotopic (exact) mass is 348 g/mol. The van der Waals surface area contributed by atoms with Gasteiger partial charge in [-0.05, 0) is 13.0 Å². The zero-order valence-electron chi connectivity index (χ0n) is 5.52. The molecule has 0 amide bonds. The van der Waals surface area contributed by atoms with E-state index < -0.39 is 0 Å². The van der Waals surface area contributed by atoms with E-state index in [0.29, 0.717) is 0 Å². The van der Waals surface area contributed by atoms with E-state index in [1.54, 1.807) is 6.08 Å². The van der Waals surface area contributed by atoms with Crippen LogP contribution in [0.3, 0.4) is 0 Å². The molecular formula is C7H10OU. The first kappa shape index (κ1) is 11.8. The molecule has 0 fully saturated rings. The zero-order chi connectivity index (χ0) is 6.57. The molecule has 9 heavy (non-hydrogen) atoms. The zero-order valence-corrected chi connectivity index (χ0v) is 9.68. The summed E-state index contributed by atoms with van der Waals surface area (Å²) in [4.78, 5) is 0. The number of aliphatic hydroxyl groups is 1. The summed E-state index contributed by atoms with van der Waals surface area (Å²) in [6.45, 7) is 8.69. The first-order chi connectivity index (χ1) is 3.63. The quantitative estimate of drug-likeness (QED) is 0.599. The van der Waals surface area contributed by atoms with Gasteiger partial charge in [-0.1, -0.05) is 24.8 Å². The van der Waals surface area contributed by atoms with Crippen molar-refractivity contribution in [3.8, 4) is 0 Å². The molecule has 0 bridgehead atoms. The number of aliphatic hydroxyl groups excluding tert-OH is 1. The summed E-state index contributed by atoms with van der Waals surface area (Å²) in [7, 11) is 0. The molecule has 2 heteroatoms. The number of hydrogen-bond acceptors (Lipinski definition) is 1. The Morgan fingerprint density at radius 1 is 1.33 bits per heavy atom. The van der Waals surface area contributed by atoms with Crippen LogP contribution in [-0.4, -0.2) is 5.11 Å². The summed E-state index contributed by atoms with van der Waals surface area (Å²) in [6, 6.07) is 0. The van der Waals surface area contributed by atoms with Crippen LogP contribution in [0.2, 0.25) is 0 Å². The van der Waals surface area contributed by atoms with Crippen LogP contribution in [0.4, 0.5) is 0 Å². The van der Waals surface area contributed by atoms with Crippen molar-refractivity contribution in [3.63, 3.8) is 0 Å². The third-order valence-corrected chi connectivity index (χ3v) is 0.560. The molecule has 0 spiro atoms. The van der Waals surface area contributed by atoms with Crippen molar-refractivity contribution in [2.24, 2.45) is 0 Å². The molecule has 48 valence electrons. The largest absolute Gasteiger partial charge is 0.509 e. The summed E-state index contributed by atoms with van der Waals surface area (Å²) < 4.78 is 0. The molecule has 0 saturated carbocycles. The van der Waals surface area contributed by atoms with Gasteiger partial charge < -0.3 is 5.11 Å². The standard InChI is InChI=1S/C7H10O.U/c1-6(2)4-5-7(3)8;/h4-5,8H,1,3H2,2H3;/b5-4-;. The van der Waals surface area contributed by atoms with E-state index in [1.807, 2.05) is 6.92 Å². The summed E-state index contributed by atoms with van der Waals surface area (Å²) in [5.41, 5.74) is 0.903. The predicted molar refractivity (Wildman–Crippen MR) is 35.7 cm³/mol. The minimum atomic E-state index is 0. The van der Waals surface area contributed by atoms with Crippen LogP contribution < -0.4 is 0 Å². The Labute approximate surface area is 79.5 Å². The third kappa shape index (κ3) is 11.6. The molecule has 0 rings (SSSR count). The molecule has 0 aliphatic carbocycles. The van der Waals surface area contributed by atoms with E-state index in [2.05, 4.69) is 13.2 Å². The van der Waals surface area contributed by atoms with Crippen LogP contribution >= 0.6 is 0 Å². The van der Waals surface area contributed by atoms with E-state index >= 15 is 0 Å². The van der Waals surface area contributed by atoms with Gasteiger partial charge in [0.15, 0.2) is 0 Å². The molecule has 1 N–H and O–H groups in total. The summed E-state index contributed by atoms with van der Waals surface area (Å²) in [5.74, 6) is 0.0630. The van der Waals surface area contributed by atoms with Gasteiger partial charge in [-0.2, -0.15) is 0 Å². The van der Waals surface area contributed by atoms with Crippen molar-refractivity contribution < 1.29 is 36.2 Å². The van der Waals surface area contributed by atoms with Crippen LogP contribution in [0.1, 0.15) is 6.92 Å². The second-order valence-electron chi connectivity index (χ2n) is 1.67. The Bertz CT molecular complexity index is 120. The smallest absolute Gasteiger partial charge is 0.108 e. The molecule has 0 saturated heterocycles. The minimum Gasteiger partial charge on any atom is -0.509 e. The van der Waals surface area contributed by atoms with Crippen LogP contribution in [0, 0.1) is 31.1 Å². The molecule has 0 unspecified atom stereocenters. The van der Waals surface area contributed by atoms with Crippen molar-refractivity contribution in [2.75, 3.05) is 0 Å². The average Bonchev–Trinajstić information content (AvgIpc) is 1.61.